The fraction of sp³-hybridized carbons (Fsp3) is 0.481. The summed E-state index contributed by atoms with van der Waals surface area (Å²) in [7, 11) is 1.64. The van der Waals surface area contributed by atoms with Crippen LogP contribution in [-0.2, 0) is 11.2 Å². The number of carbonyl (C=O) groups excluding carboxylic acids is 1. The first-order valence-corrected chi connectivity index (χ1v) is 12.9. The van der Waals surface area contributed by atoms with E-state index in [1.807, 2.05) is 18.2 Å². The molecule has 174 valence electrons. The quantitative estimate of drug-likeness (QED) is 0.288. The molecule has 2 bridgehead atoms. The van der Waals surface area contributed by atoms with Gasteiger partial charge in [-0.1, -0.05) is 24.3 Å². The Balaban J connectivity index is 1.11. The monoisotopic (exact) mass is 464 g/mol. The molecule has 2 fully saturated rings. The Morgan fingerprint density at radius 2 is 1.91 bits per heavy atom. The summed E-state index contributed by atoms with van der Waals surface area (Å²) in [6.07, 6.45) is 8.60. The second-order valence-electron chi connectivity index (χ2n) is 9.27. The van der Waals surface area contributed by atoms with Crippen LogP contribution in [0.15, 0.2) is 42.5 Å². The molecule has 0 N–H and O–H groups in total. The Labute approximate surface area is 199 Å². The number of hydrogen-bond donors (Lipinski definition) is 0. The van der Waals surface area contributed by atoms with Crippen molar-refractivity contribution in [2.45, 2.75) is 62.9 Å². The van der Waals surface area contributed by atoms with E-state index in [9.17, 15) is 4.79 Å². The first kappa shape index (κ1) is 22.4. The summed E-state index contributed by atoms with van der Waals surface area (Å²) < 4.78 is 17.6. The first-order valence-electron chi connectivity index (χ1n) is 12.1. The SMILES string of the molecule is COc1cc(CC=O)ccc1OCCCCN1C2CCC1CC(c1nsc3ccccc13)C2. The van der Waals surface area contributed by atoms with Gasteiger partial charge in [-0.05, 0) is 80.4 Å². The van der Waals surface area contributed by atoms with Gasteiger partial charge < -0.3 is 14.3 Å². The van der Waals surface area contributed by atoms with Gasteiger partial charge in [0.05, 0.1) is 24.1 Å². The molecule has 2 unspecified atom stereocenters. The summed E-state index contributed by atoms with van der Waals surface area (Å²) >= 11 is 1.65. The number of aromatic nitrogens is 1. The third-order valence-corrected chi connectivity index (χ3v) is 8.13. The van der Waals surface area contributed by atoms with Crippen molar-refractivity contribution in [3.63, 3.8) is 0 Å². The van der Waals surface area contributed by atoms with E-state index < -0.39 is 0 Å². The Bertz CT molecular complexity index is 1080. The van der Waals surface area contributed by atoms with Crippen LogP contribution in [0.1, 0.15) is 55.7 Å². The van der Waals surface area contributed by atoms with Gasteiger partial charge in [-0.2, -0.15) is 4.37 Å². The van der Waals surface area contributed by atoms with Gasteiger partial charge in [0, 0.05) is 29.8 Å². The Morgan fingerprint density at radius 3 is 2.70 bits per heavy atom. The average molecular weight is 465 g/mol. The molecule has 33 heavy (non-hydrogen) atoms. The molecule has 2 aliphatic rings. The van der Waals surface area contributed by atoms with Crippen LogP contribution in [0.3, 0.4) is 0 Å². The van der Waals surface area contributed by atoms with Gasteiger partial charge in [0.15, 0.2) is 11.5 Å². The lowest BCUT2D eigenvalue weighted by atomic mass is 9.86. The average Bonchev–Trinajstić information content (AvgIpc) is 3.37. The Kier molecular flexibility index (Phi) is 6.93. The lowest BCUT2D eigenvalue weighted by Crippen LogP contribution is -2.42. The van der Waals surface area contributed by atoms with Crippen LogP contribution in [0.4, 0.5) is 0 Å². The lowest BCUT2D eigenvalue weighted by molar-refractivity contribution is -0.107. The molecule has 3 aromatic rings. The number of methoxy groups -OCH3 is 1. The summed E-state index contributed by atoms with van der Waals surface area (Å²) in [4.78, 5) is 13.5. The number of carbonyl (C=O) groups is 1. The zero-order valence-corrected chi connectivity index (χ0v) is 20.1. The van der Waals surface area contributed by atoms with E-state index >= 15 is 0 Å². The standard InChI is InChI=1S/C27H32N2O3S/c1-31-25-16-19(12-14-30)8-11-24(25)32-15-5-4-13-29-21-9-10-22(29)18-20(17-21)27-23-6-2-3-7-26(23)33-28-27/h2-3,6-8,11,14,16,20-22H,4-5,9-10,12-13,15,17-18H2,1H3. The molecule has 3 heterocycles. The van der Waals surface area contributed by atoms with Gasteiger partial charge in [0.1, 0.15) is 6.29 Å². The van der Waals surface area contributed by atoms with Gasteiger partial charge >= 0.3 is 0 Å². The van der Waals surface area contributed by atoms with Gasteiger partial charge in [-0.15, -0.1) is 0 Å². The van der Waals surface area contributed by atoms with Crippen molar-refractivity contribution < 1.29 is 14.3 Å². The first-order chi connectivity index (χ1) is 16.3. The molecule has 2 aromatic carbocycles. The van der Waals surface area contributed by atoms with Gasteiger partial charge in [0.2, 0.25) is 0 Å². The molecule has 1 aromatic heterocycles. The predicted molar refractivity (Wildman–Crippen MR) is 133 cm³/mol. The van der Waals surface area contributed by atoms with Crippen molar-refractivity contribution in [1.82, 2.24) is 9.27 Å². The second-order valence-corrected chi connectivity index (χ2v) is 10.1. The second kappa shape index (κ2) is 10.2. The van der Waals surface area contributed by atoms with Crippen LogP contribution in [0.2, 0.25) is 0 Å². The molecule has 0 radical (unpaired) electrons. The number of fused-ring (bicyclic) bond motifs is 3. The predicted octanol–water partition coefficient (Wildman–Crippen LogP) is 5.62. The van der Waals surface area contributed by atoms with Crippen LogP contribution >= 0.6 is 11.5 Å². The minimum Gasteiger partial charge on any atom is -0.493 e. The van der Waals surface area contributed by atoms with E-state index in [1.165, 1.54) is 41.5 Å². The smallest absolute Gasteiger partial charge is 0.161 e. The van der Waals surface area contributed by atoms with Crippen LogP contribution in [-0.4, -0.2) is 47.9 Å². The third kappa shape index (κ3) is 4.78. The van der Waals surface area contributed by atoms with Crippen LogP contribution in [0.25, 0.3) is 10.1 Å². The molecule has 2 aliphatic heterocycles. The van der Waals surface area contributed by atoms with Crippen molar-refractivity contribution in [3.05, 3.63) is 53.7 Å². The fourth-order valence-electron chi connectivity index (χ4n) is 5.70. The van der Waals surface area contributed by atoms with Crippen molar-refractivity contribution in [3.8, 4) is 11.5 Å². The maximum atomic E-state index is 10.7. The van der Waals surface area contributed by atoms with Gasteiger partial charge in [0.25, 0.3) is 0 Å². The molecule has 6 heteroatoms. The highest BCUT2D eigenvalue weighted by atomic mass is 32.1. The number of nitrogens with zero attached hydrogens (tertiary/aromatic N) is 2. The zero-order valence-electron chi connectivity index (χ0n) is 19.2. The summed E-state index contributed by atoms with van der Waals surface area (Å²) in [5, 5.41) is 1.37. The highest BCUT2D eigenvalue weighted by Crippen LogP contribution is 2.44. The number of rotatable bonds is 10. The van der Waals surface area contributed by atoms with Crippen molar-refractivity contribution in [1.29, 1.82) is 0 Å². The molecule has 2 atom stereocenters. The Hall–Kier alpha value is -2.44. The summed E-state index contributed by atoms with van der Waals surface area (Å²) in [5.74, 6) is 2.06. The summed E-state index contributed by atoms with van der Waals surface area (Å²) in [6, 6.07) is 15.8. The normalized spacial score (nSPS) is 22.5. The zero-order chi connectivity index (χ0) is 22.6. The van der Waals surface area contributed by atoms with Crippen molar-refractivity contribution in [2.24, 2.45) is 0 Å². The molecule has 2 saturated heterocycles. The number of unbranched alkanes of at least 4 members (excludes halogenated alkanes) is 1. The van der Waals surface area contributed by atoms with Crippen molar-refractivity contribution >= 4 is 27.9 Å². The molecule has 0 spiro atoms. The number of benzene rings is 2. The minimum atomic E-state index is 0.397. The number of aldehydes is 1. The number of piperidine rings is 1. The maximum absolute atomic E-state index is 10.7. The van der Waals surface area contributed by atoms with E-state index in [0.717, 1.165) is 37.0 Å². The van der Waals surface area contributed by atoms with Crippen molar-refractivity contribution in [2.75, 3.05) is 20.3 Å². The molecule has 5 nitrogen and oxygen atoms in total. The molecule has 0 aliphatic carbocycles. The van der Waals surface area contributed by atoms with Gasteiger partial charge in [-0.3, -0.25) is 4.90 Å². The Morgan fingerprint density at radius 1 is 1.09 bits per heavy atom. The number of ether oxygens (including phenoxy) is 2. The highest BCUT2D eigenvalue weighted by molar-refractivity contribution is 7.13. The van der Waals surface area contributed by atoms with E-state index in [2.05, 4.69) is 29.2 Å². The van der Waals surface area contributed by atoms with E-state index in [-0.39, 0.29) is 0 Å². The number of hydrogen-bond acceptors (Lipinski definition) is 6. The fourth-order valence-corrected chi connectivity index (χ4v) is 6.55. The summed E-state index contributed by atoms with van der Waals surface area (Å²) in [6.45, 7) is 1.83. The topological polar surface area (TPSA) is 51.7 Å². The lowest BCUT2D eigenvalue weighted by Gasteiger charge is -2.38. The van der Waals surface area contributed by atoms with Crippen LogP contribution in [0, 0.1) is 0 Å². The van der Waals surface area contributed by atoms with E-state index in [1.54, 1.807) is 18.6 Å². The van der Waals surface area contributed by atoms with Gasteiger partial charge in [-0.25, -0.2) is 0 Å². The maximum Gasteiger partial charge on any atom is 0.161 e. The minimum absolute atomic E-state index is 0.397. The molecular weight excluding hydrogens is 432 g/mol. The van der Waals surface area contributed by atoms with E-state index in [0.29, 0.717) is 36.8 Å². The molecule has 5 rings (SSSR count). The molecular formula is C27H32N2O3S. The third-order valence-electron chi connectivity index (χ3n) is 7.29. The molecule has 0 amide bonds. The molecule has 0 saturated carbocycles. The van der Waals surface area contributed by atoms with Crippen LogP contribution < -0.4 is 9.47 Å². The largest absolute Gasteiger partial charge is 0.493 e. The van der Waals surface area contributed by atoms with E-state index in [4.69, 9.17) is 13.8 Å². The van der Waals surface area contributed by atoms with Crippen LogP contribution in [0.5, 0.6) is 11.5 Å². The summed E-state index contributed by atoms with van der Waals surface area (Å²) in [5.41, 5.74) is 2.28. The highest BCUT2D eigenvalue weighted by Gasteiger charge is 2.41.